The fraction of sp³-hybridized carbons (Fsp3) is 0.407. The maximum Gasteiger partial charge on any atom is 0.420 e. The van der Waals surface area contributed by atoms with Crippen LogP contribution in [0.2, 0.25) is 0 Å². The topological polar surface area (TPSA) is 196 Å². The number of carbonyl (C=O) groups excluding carboxylic acids is 5. The second-order valence-corrected chi connectivity index (χ2v) is 21.3. The van der Waals surface area contributed by atoms with Crippen molar-refractivity contribution in [1.29, 1.82) is 5.26 Å². The van der Waals surface area contributed by atoms with Crippen molar-refractivity contribution in [3.63, 3.8) is 0 Å². The number of pyridine rings is 1. The van der Waals surface area contributed by atoms with Gasteiger partial charge in [-0.1, -0.05) is 45.0 Å². The fourth-order valence-corrected chi connectivity index (χ4v) is 10.6. The predicted molar refractivity (Wildman–Crippen MR) is 279 cm³/mol. The number of rotatable bonds is 18. The highest BCUT2D eigenvalue weighted by Gasteiger charge is 2.53. The summed E-state index contributed by atoms with van der Waals surface area (Å²) in [5.41, 5.74) is -0.434. The molecule has 76 heavy (non-hydrogen) atoms. The van der Waals surface area contributed by atoms with E-state index in [9.17, 15) is 42.4 Å². The first kappa shape index (κ1) is 56.6. The number of esters is 1. The van der Waals surface area contributed by atoms with Gasteiger partial charge in [-0.3, -0.25) is 33.9 Å². The van der Waals surface area contributed by atoms with E-state index in [1.807, 2.05) is 31.2 Å². The Kier molecular flexibility index (Phi) is 17.5. The largest absolute Gasteiger partial charge is 0.494 e. The standard InChI is InChI=1S/C54H58F4N8O8S2/c1-31-46(76-30-62-31)35-12-10-33(11-13-35)26-61-48(69)42-24-39(74-32(2)67)28-64(42)49(70)47(52(3,4)5)63-43(68)29-72-22-8-9-23-73-38-18-14-34(15-19-38)40-20-17-37(27-60-40)66-51(75)65(50(71)53(66,6)7)41-21-16-36(25-59)44(45(41)55)54(56,57)58/h10-21,27,30,39,42,47,51,75H,8-9,22-24,26,28-29H2,1-7H3,(H,61,69)(H,63,68)/t39-,42+,47-,51?/m1/s1. The second kappa shape index (κ2) is 23.4. The van der Waals surface area contributed by atoms with Crippen LogP contribution in [0.1, 0.15) is 83.2 Å². The number of anilines is 2. The summed E-state index contributed by atoms with van der Waals surface area (Å²) < 4.78 is 73.9. The first-order valence-corrected chi connectivity index (χ1v) is 25.7. The van der Waals surface area contributed by atoms with Crippen LogP contribution in [0, 0.1) is 29.5 Å². The molecular weight excluding hydrogens is 1030 g/mol. The van der Waals surface area contributed by atoms with E-state index in [1.165, 1.54) is 42.8 Å². The van der Waals surface area contributed by atoms with Crippen molar-refractivity contribution in [2.45, 2.75) is 110 Å². The zero-order valence-electron chi connectivity index (χ0n) is 42.9. The highest BCUT2D eigenvalue weighted by Crippen LogP contribution is 2.44. The first-order chi connectivity index (χ1) is 35.9. The normalized spacial score (nSPS) is 17.8. The molecule has 4 atom stereocenters. The van der Waals surface area contributed by atoms with Crippen LogP contribution < -0.4 is 25.2 Å². The third-order valence-corrected chi connectivity index (χ3v) is 14.4. The summed E-state index contributed by atoms with van der Waals surface area (Å²) in [6.07, 6.45) is -3.17. The van der Waals surface area contributed by atoms with E-state index in [-0.39, 0.29) is 32.7 Å². The van der Waals surface area contributed by atoms with Gasteiger partial charge in [0, 0.05) is 32.1 Å². The highest BCUT2D eigenvalue weighted by molar-refractivity contribution is 7.81. The quantitative estimate of drug-likeness (QED) is 0.0328. The molecule has 0 radical (unpaired) electrons. The Hall–Kier alpha value is -7.09. The first-order valence-electron chi connectivity index (χ1n) is 24.3. The molecule has 2 aliphatic rings. The summed E-state index contributed by atoms with van der Waals surface area (Å²) >= 11 is 6.09. The SMILES string of the molecule is CC(=O)O[C@@H]1C[C@@H](C(=O)NCc2ccc(-c3scnc3C)cc2)N(C(=O)[C@@H](NC(=O)COCCCCOc2ccc(-c3ccc(N4C(S)N(c5ccc(C#N)c(C(F)(F)F)c5F)C(=O)C4(C)C)cn3)cc2)C(C)(C)C)C1. The van der Waals surface area contributed by atoms with Gasteiger partial charge in [-0.05, 0) is 98.7 Å². The van der Waals surface area contributed by atoms with Crippen molar-refractivity contribution in [3.8, 4) is 33.5 Å². The Bertz CT molecular complexity index is 2980. The number of carbonyl (C=O) groups is 5. The van der Waals surface area contributed by atoms with Crippen molar-refractivity contribution >= 4 is 64.9 Å². The smallest absolute Gasteiger partial charge is 0.420 e. The van der Waals surface area contributed by atoms with Crippen LogP contribution in [-0.4, -0.2) is 100 Å². The molecular formula is C54H58F4N8O8S2. The van der Waals surface area contributed by atoms with E-state index < -0.39 is 93.0 Å². The number of halogens is 4. The minimum Gasteiger partial charge on any atom is -0.494 e. The molecule has 22 heteroatoms. The molecule has 5 aromatic rings. The molecule has 0 spiro atoms. The molecule has 16 nitrogen and oxygen atoms in total. The van der Waals surface area contributed by atoms with E-state index in [0.717, 1.165) is 44.3 Å². The van der Waals surface area contributed by atoms with Gasteiger partial charge in [-0.2, -0.15) is 18.4 Å². The highest BCUT2D eigenvalue weighted by atomic mass is 32.1. The predicted octanol–water partition coefficient (Wildman–Crippen LogP) is 8.61. The number of likely N-dealkylation sites (tertiary alicyclic amines) is 1. The van der Waals surface area contributed by atoms with Gasteiger partial charge in [0.25, 0.3) is 5.91 Å². The number of thiazole rings is 1. The number of aryl methyl sites for hydroxylation is 1. The van der Waals surface area contributed by atoms with Gasteiger partial charge >= 0.3 is 12.1 Å². The molecule has 0 aliphatic carbocycles. The van der Waals surface area contributed by atoms with E-state index in [2.05, 4.69) is 33.2 Å². The third-order valence-electron chi connectivity index (χ3n) is 13.0. The number of ether oxygens (including phenoxy) is 3. The van der Waals surface area contributed by atoms with Crippen molar-refractivity contribution in [2.24, 2.45) is 5.41 Å². The number of hydrogen-bond acceptors (Lipinski definition) is 14. The lowest BCUT2D eigenvalue weighted by atomic mass is 9.85. The molecule has 2 aliphatic heterocycles. The molecule has 3 aromatic carbocycles. The number of nitrogens with zero attached hydrogens (tertiary/aromatic N) is 6. The molecule has 2 fully saturated rings. The molecule has 4 heterocycles. The van der Waals surface area contributed by atoms with Crippen LogP contribution in [0.3, 0.4) is 0 Å². The number of thiol groups is 1. The summed E-state index contributed by atoms with van der Waals surface area (Å²) in [5.74, 6) is -3.83. The summed E-state index contributed by atoms with van der Waals surface area (Å²) in [4.78, 5) is 80.4. The Morgan fingerprint density at radius 3 is 2.25 bits per heavy atom. The zero-order valence-corrected chi connectivity index (χ0v) is 44.6. The summed E-state index contributed by atoms with van der Waals surface area (Å²) in [5, 5.41) is 14.9. The number of hydrogen-bond donors (Lipinski definition) is 3. The molecule has 402 valence electrons. The number of aromatic nitrogens is 2. The zero-order chi connectivity index (χ0) is 55.3. The van der Waals surface area contributed by atoms with Gasteiger partial charge in [0.05, 0.1) is 64.1 Å². The van der Waals surface area contributed by atoms with Crippen LogP contribution in [0.15, 0.2) is 84.5 Å². The monoisotopic (exact) mass is 1090 g/mol. The second-order valence-electron chi connectivity index (χ2n) is 19.9. The van der Waals surface area contributed by atoms with Gasteiger partial charge in [0.2, 0.25) is 17.7 Å². The number of alkyl halides is 3. The Balaban J connectivity index is 0.865. The molecule has 2 N–H and O–H groups in total. The minimum absolute atomic E-state index is 0.0180. The third kappa shape index (κ3) is 12.8. The lowest BCUT2D eigenvalue weighted by molar-refractivity contribution is -0.147. The van der Waals surface area contributed by atoms with Crippen LogP contribution in [0.25, 0.3) is 21.7 Å². The summed E-state index contributed by atoms with van der Waals surface area (Å²) in [7, 11) is 0. The Morgan fingerprint density at radius 1 is 0.961 bits per heavy atom. The Morgan fingerprint density at radius 2 is 1.64 bits per heavy atom. The number of amides is 4. The van der Waals surface area contributed by atoms with E-state index in [0.29, 0.717) is 36.6 Å². The number of nitrogens with one attached hydrogen (secondary N) is 2. The average Bonchev–Trinajstić information content (AvgIpc) is 4.09. The number of unbranched alkanes of at least 4 members (excludes halogenated alkanes) is 1. The molecule has 0 saturated carbocycles. The molecule has 4 amide bonds. The van der Waals surface area contributed by atoms with Crippen LogP contribution >= 0.6 is 24.0 Å². The number of nitriles is 1. The van der Waals surface area contributed by atoms with Crippen molar-refractivity contribution in [2.75, 3.05) is 36.2 Å². The van der Waals surface area contributed by atoms with Gasteiger partial charge in [0.1, 0.15) is 41.6 Å². The van der Waals surface area contributed by atoms with Gasteiger partial charge in [0.15, 0.2) is 11.3 Å². The van der Waals surface area contributed by atoms with Crippen molar-refractivity contribution < 1.29 is 55.7 Å². The van der Waals surface area contributed by atoms with Crippen LogP contribution in [0.4, 0.5) is 28.9 Å². The molecule has 2 aromatic heterocycles. The van der Waals surface area contributed by atoms with Crippen LogP contribution in [-0.2, 0) is 46.2 Å². The maximum atomic E-state index is 15.5. The van der Waals surface area contributed by atoms with Crippen LogP contribution in [0.5, 0.6) is 5.75 Å². The summed E-state index contributed by atoms with van der Waals surface area (Å²) in [6.45, 7) is 12.1. The van der Waals surface area contributed by atoms with Crippen molar-refractivity contribution in [3.05, 3.63) is 113 Å². The lowest BCUT2D eigenvalue weighted by Gasteiger charge is -2.35. The molecule has 1 unspecified atom stereocenters. The van der Waals surface area contributed by atoms with E-state index >= 15 is 4.39 Å². The lowest BCUT2D eigenvalue weighted by Crippen LogP contribution is -2.58. The van der Waals surface area contributed by atoms with E-state index in [1.54, 1.807) is 74.0 Å². The molecule has 7 rings (SSSR count). The maximum absolute atomic E-state index is 15.5. The van der Waals surface area contributed by atoms with Crippen molar-refractivity contribution in [1.82, 2.24) is 25.5 Å². The van der Waals surface area contributed by atoms with Gasteiger partial charge in [-0.15, -0.1) is 24.0 Å². The molecule has 0 bridgehead atoms. The average molecular weight is 1090 g/mol. The summed E-state index contributed by atoms with van der Waals surface area (Å²) in [6, 6.07) is 19.4. The fourth-order valence-electron chi connectivity index (χ4n) is 9.09. The van der Waals surface area contributed by atoms with Gasteiger partial charge in [-0.25, -0.2) is 9.37 Å². The molecule has 2 saturated heterocycles. The Labute approximate surface area is 447 Å². The van der Waals surface area contributed by atoms with Gasteiger partial charge < -0.3 is 34.6 Å². The minimum atomic E-state index is -5.19. The van der Waals surface area contributed by atoms with E-state index in [4.69, 9.17) is 14.2 Å². The number of benzene rings is 3.